The molecule has 0 aliphatic heterocycles. The van der Waals surface area contributed by atoms with Crippen LogP contribution in [0.1, 0.15) is 52.9 Å². The Morgan fingerprint density at radius 1 is 1.18 bits per heavy atom. The molecule has 0 spiro atoms. The van der Waals surface area contributed by atoms with Crippen molar-refractivity contribution in [1.82, 2.24) is 10.6 Å². The number of hydrogen-bond donors (Lipinski definition) is 3. The molecule has 0 heterocycles. The number of nitrogens with one attached hydrogen (secondary N) is 2. The van der Waals surface area contributed by atoms with Crippen LogP contribution in [-0.2, 0) is 9.59 Å². The van der Waals surface area contributed by atoms with Gasteiger partial charge in [0.25, 0.3) is 0 Å². The number of carbonyl (C=O) groups excluding carboxylic acids is 2. The Morgan fingerprint density at radius 3 is 2.50 bits per heavy atom. The number of aliphatic hydroxyl groups is 1. The maximum atomic E-state index is 12.1. The van der Waals surface area contributed by atoms with E-state index in [0.717, 1.165) is 6.42 Å². The summed E-state index contributed by atoms with van der Waals surface area (Å²) in [5.41, 5.74) is -0.389. The zero-order chi connectivity index (χ0) is 16.3. The topological polar surface area (TPSA) is 78.4 Å². The fourth-order valence-electron chi connectivity index (χ4n) is 3.87. The Bertz CT molecular complexity index is 417. The van der Waals surface area contributed by atoms with Crippen molar-refractivity contribution < 1.29 is 14.7 Å². The molecule has 0 aromatic heterocycles. The van der Waals surface area contributed by atoms with Crippen LogP contribution < -0.4 is 10.6 Å². The molecular formula is C17H30N2O3. The van der Waals surface area contributed by atoms with Crippen LogP contribution in [0.2, 0.25) is 0 Å². The van der Waals surface area contributed by atoms with Crippen molar-refractivity contribution in [3.63, 3.8) is 0 Å². The van der Waals surface area contributed by atoms with Crippen molar-refractivity contribution >= 4 is 11.8 Å². The van der Waals surface area contributed by atoms with Gasteiger partial charge in [-0.1, -0.05) is 20.8 Å². The number of amides is 2. The summed E-state index contributed by atoms with van der Waals surface area (Å²) in [5.74, 6) is 1.43. The summed E-state index contributed by atoms with van der Waals surface area (Å²) >= 11 is 0. The zero-order valence-corrected chi connectivity index (χ0v) is 14.0. The maximum Gasteiger partial charge on any atom is 0.225 e. The Labute approximate surface area is 133 Å². The van der Waals surface area contributed by atoms with Crippen LogP contribution in [0.4, 0.5) is 0 Å². The molecule has 2 amide bonds. The number of carbonyl (C=O) groups is 2. The molecule has 0 aromatic rings. The van der Waals surface area contributed by atoms with E-state index >= 15 is 0 Å². The minimum absolute atomic E-state index is 0.0151. The van der Waals surface area contributed by atoms with Crippen molar-refractivity contribution in [1.29, 1.82) is 0 Å². The van der Waals surface area contributed by atoms with E-state index in [4.69, 9.17) is 0 Å². The van der Waals surface area contributed by atoms with Crippen LogP contribution in [-0.4, -0.2) is 36.1 Å². The molecule has 4 atom stereocenters. The summed E-state index contributed by atoms with van der Waals surface area (Å²) < 4.78 is 0. The first kappa shape index (κ1) is 17.3. The molecule has 5 nitrogen and oxygen atoms in total. The highest BCUT2D eigenvalue weighted by atomic mass is 16.3. The van der Waals surface area contributed by atoms with Gasteiger partial charge in [-0.15, -0.1) is 0 Å². The van der Waals surface area contributed by atoms with Gasteiger partial charge in [0, 0.05) is 36.9 Å². The minimum Gasteiger partial charge on any atom is -0.396 e. The summed E-state index contributed by atoms with van der Waals surface area (Å²) in [7, 11) is 0. The fourth-order valence-corrected chi connectivity index (χ4v) is 3.87. The number of fused-ring (bicyclic) bond motifs is 2. The van der Waals surface area contributed by atoms with Gasteiger partial charge in [-0.25, -0.2) is 0 Å². The van der Waals surface area contributed by atoms with Gasteiger partial charge in [-0.2, -0.15) is 0 Å². The van der Waals surface area contributed by atoms with Gasteiger partial charge in [0.15, 0.2) is 0 Å². The highest BCUT2D eigenvalue weighted by Crippen LogP contribution is 2.48. The predicted molar refractivity (Wildman–Crippen MR) is 85.0 cm³/mol. The largest absolute Gasteiger partial charge is 0.396 e. The summed E-state index contributed by atoms with van der Waals surface area (Å²) in [6, 6.07) is 0.153. The predicted octanol–water partition coefficient (Wildman–Crippen LogP) is 1.45. The van der Waals surface area contributed by atoms with Crippen LogP contribution in [0.15, 0.2) is 0 Å². The van der Waals surface area contributed by atoms with Gasteiger partial charge in [0.05, 0.1) is 0 Å². The van der Waals surface area contributed by atoms with E-state index in [9.17, 15) is 14.7 Å². The fraction of sp³-hybridized carbons (Fsp3) is 0.882. The standard InChI is InChI=1S/C17H30N2O3/c1-17(2,3)16(22)18-8-4-5-14(21)19-15-12-7-6-11(9-12)13(15)10-20/h11-13,15,20H,4-10H2,1-3H3,(H,18,22)(H,19,21). The van der Waals surface area contributed by atoms with E-state index in [2.05, 4.69) is 10.6 Å². The average Bonchev–Trinajstić information content (AvgIpc) is 3.03. The normalized spacial score (nSPS) is 30.4. The molecule has 0 saturated heterocycles. The van der Waals surface area contributed by atoms with Gasteiger partial charge >= 0.3 is 0 Å². The molecule has 0 aromatic carbocycles. The minimum atomic E-state index is -0.389. The molecule has 2 rings (SSSR count). The van der Waals surface area contributed by atoms with Crippen LogP contribution in [0, 0.1) is 23.2 Å². The Balaban J connectivity index is 1.67. The summed E-state index contributed by atoms with van der Waals surface area (Å²) in [6.45, 7) is 6.33. The van der Waals surface area contributed by atoms with Crippen LogP contribution >= 0.6 is 0 Å². The van der Waals surface area contributed by atoms with Crippen LogP contribution in [0.3, 0.4) is 0 Å². The number of rotatable bonds is 6. The highest BCUT2D eigenvalue weighted by molar-refractivity contribution is 5.81. The van der Waals surface area contributed by atoms with E-state index in [1.807, 2.05) is 20.8 Å². The van der Waals surface area contributed by atoms with E-state index in [1.165, 1.54) is 12.8 Å². The molecule has 3 N–H and O–H groups in total. The van der Waals surface area contributed by atoms with Crippen LogP contribution in [0.25, 0.3) is 0 Å². The first-order valence-electron chi connectivity index (χ1n) is 8.51. The lowest BCUT2D eigenvalue weighted by Crippen LogP contribution is -2.45. The maximum absolute atomic E-state index is 12.1. The third-order valence-corrected chi connectivity index (χ3v) is 5.17. The lowest BCUT2D eigenvalue weighted by atomic mass is 9.85. The quantitative estimate of drug-likeness (QED) is 0.650. The van der Waals surface area contributed by atoms with E-state index in [1.54, 1.807) is 0 Å². The Morgan fingerprint density at radius 2 is 1.86 bits per heavy atom. The molecule has 22 heavy (non-hydrogen) atoms. The van der Waals surface area contributed by atoms with Crippen molar-refractivity contribution in [2.75, 3.05) is 13.2 Å². The number of hydrogen-bond acceptors (Lipinski definition) is 3. The van der Waals surface area contributed by atoms with Gasteiger partial charge in [-0.3, -0.25) is 9.59 Å². The van der Waals surface area contributed by atoms with E-state index in [-0.39, 0.29) is 35.8 Å². The van der Waals surface area contributed by atoms with Gasteiger partial charge in [-0.05, 0) is 37.5 Å². The summed E-state index contributed by atoms with van der Waals surface area (Å²) in [6.07, 6.45) is 4.60. The first-order valence-corrected chi connectivity index (χ1v) is 8.51. The van der Waals surface area contributed by atoms with Gasteiger partial charge < -0.3 is 15.7 Å². The lowest BCUT2D eigenvalue weighted by Gasteiger charge is -2.30. The Kier molecular flexibility index (Phi) is 5.48. The number of aliphatic hydroxyl groups excluding tert-OH is 1. The second-order valence-corrected chi connectivity index (χ2v) is 7.88. The molecule has 4 unspecified atom stereocenters. The molecule has 2 fully saturated rings. The third kappa shape index (κ3) is 4.00. The molecule has 2 bridgehead atoms. The van der Waals surface area contributed by atoms with E-state index in [0.29, 0.717) is 31.2 Å². The third-order valence-electron chi connectivity index (χ3n) is 5.17. The smallest absolute Gasteiger partial charge is 0.225 e. The highest BCUT2D eigenvalue weighted by Gasteiger charge is 2.47. The molecule has 2 aliphatic carbocycles. The zero-order valence-electron chi connectivity index (χ0n) is 14.0. The second-order valence-electron chi connectivity index (χ2n) is 7.88. The van der Waals surface area contributed by atoms with Crippen molar-refractivity contribution in [2.45, 2.75) is 58.9 Å². The van der Waals surface area contributed by atoms with Crippen molar-refractivity contribution in [2.24, 2.45) is 23.2 Å². The molecule has 5 heteroatoms. The van der Waals surface area contributed by atoms with Crippen LogP contribution in [0.5, 0.6) is 0 Å². The van der Waals surface area contributed by atoms with E-state index < -0.39 is 0 Å². The summed E-state index contributed by atoms with van der Waals surface area (Å²) in [5, 5.41) is 15.5. The average molecular weight is 310 g/mol. The summed E-state index contributed by atoms with van der Waals surface area (Å²) in [4.78, 5) is 23.8. The molecule has 2 saturated carbocycles. The molecular weight excluding hydrogens is 280 g/mol. The molecule has 0 radical (unpaired) electrons. The molecule has 2 aliphatic rings. The Hall–Kier alpha value is -1.10. The van der Waals surface area contributed by atoms with Gasteiger partial charge in [0.2, 0.25) is 11.8 Å². The SMILES string of the molecule is CC(C)(C)C(=O)NCCCC(=O)NC1C2CCC(C2)C1CO. The monoisotopic (exact) mass is 310 g/mol. The van der Waals surface area contributed by atoms with Crippen molar-refractivity contribution in [3.8, 4) is 0 Å². The lowest BCUT2D eigenvalue weighted by molar-refractivity contribution is -0.129. The van der Waals surface area contributed by atoms with Gasteiger partial charge in [0.1, 0.15) is 0 Å². The second kappa shape index (κ2) is 6.99. The molecule has 126 valence electrons. The first-order chi connectivity index (χ1) is 10.3. The van der Waals surface area contributed by atoms with Crippen molar-refractivity contribution in [3.05, 3.63) is 0 Å².